The maximum absolute atomic E-state index is 10.4. The molecule has 3 heteroatoms. The first-order valence-corrected chi connectivity index (χ1v) is 6.07. The minimum Gasteiger partial charge on any atom is -0.454 e. The lowest BCUT2D eigenvalue weighted by Crippen LogP contribution is -2.25. The second-order valence-electron chi connectivity index (χ2n) is 4.23. The second-order valence-corrected chi connectivity index (χ2v) is 4.23. The Hall–Kier alpha value is -1.35. The summed E-state index contributed by atoms with van der Waals surface area (Å²) in [6.45, 7) is 3.99. The zero-order valence-electron chi connectivity index (χ0n) is 10.5. The third-order valence-electron chi connectivity index (χ3n) is 3.14. The molecule has 0 spiro atoms. The van der Waals surface area contributed by atoms with E-state index in [1.54, 1.807) is 12.1 Å². The first-order chi connectivity index (χ1) is 8.13. The van der Waals surface area contributed by atoms with Gasteiger partial charge in [-0.25, -0.2) is 0 Å². The molecule has 0 aliphatic heterocycles. The van der Waals surface area contributed by atoms with E-state index in [2.05, 4.69) is 0 Å². The van der Waals surface area contributed by atoms with Gasteiger partial charge in [-0.15, -0.1) is 0 Å². The summed E-state index contributed by atoms with van der Waals surface area (Å²) in [6, 6.07) is 3.40. The Labute approximate surface area is 102 Å². The summed E-state index contributed by atoms with van der Waals surface area (Å²) in [5, 5.41) is 10.1. The molecule has 0 aliphatic carbocycles. The van der Waals surface area contributed by atoms with Crippen LogP contribution in [0.5, 0.6) is 0 Å². The molecule has 0 radical (unpaired) electrons. The van der Waals surface area contributed by atoms with E-state index in [4.69, 9.17) is 4.42 Å². The molecule has 0 atom stereocenters. The van der Waals surface area contributed by atoms with E-state index in [0.29, 0.717) is 17.8 Å². The maximum atomic E-state index is 10.4. The van der Waals surface area contributed by atoms with Crippen LogP contribution in [0.15, 0.2) is 22.6 Å². The Bertz CT molecular complexity index is 373. The molecule has 0 amide bonds. The summed E-state index contributed by atoms with van der Waals surface area (Å²) in [6.07, 6.45) is 7.57. The summed E-state index contributed by atoms with van der Waals surface area (Å²) >= 11 is 0. The highest BCUT2D eigenvalue weighted by Gasteiger charge is 2.20. The van der Waals surface area contributed by atoms with E-state index in [1.165, 1.54) is 0 Å². The van der Waals surface area contributed by atoms with Gasteiger partial charge in [0.15, 0.2) is 12.0 Å². The van der Waals surface area contributed by atoms with Crippen LogP contribution >= 0.6 is 0 Å². The monoisotopic (exact) mass is 236 g/mol. The number of carbonyl (C=O) groups excluding carboxylic acids is 1. The van der Waals surface area contributed by atoms with Crippen molar-refractivity contribution in [1.29, 1.82) is 0 Å². The summed E-state index contributed by atoms with van der Waals surface area (Å²) < 4.78 is 5.20. The van der Waals surface area contributed by atoms with Crippen LogP contribution in [-0.2, 0) is 0 Å². The number of hydrogen-bond acceptors (Lipinski definition) is 3. The third-order valence-corrected chi connectivity index (χ3v) is 3.14. The molecule has 0 aromatic carbocycles. The average molecular weight is 236 g/mol. The van der Waals surface area contributed by atoms with Crippen LogP contribution < -0.4 is 0 Å². The van der Waals surface area contributed by atoms with Crippen molar-refractivity contribution in [2.24, 2.45) is 0 Å². The highest BCUT2D eigenvalue weighted by molar-refractivity contribution is 5.71. The molecular formula is C14H20O3. The van der Waals surface area contributed by atoms with Crippen molar-refractivity contribution < 1.29 is 14.3 Å². The fourth-order valence-corrected chi connectivity index (χ4v) is 1.68. The molecule has 1 heterocycles. The molecule has 1 rings (SSSR count). The van der Waals surface area contributed by atoms with Gasteiger partial charge >= 0.3 is 0 Å². The van der Waals surface area contributed by atoms with E-state index in [0.717, 1.165) is 25.7 Å². The van der Waals surface area contributed by atoms with Gasteiger partial charge in [0.05, 0.1) is 5.60 Å². The summed E-state index contributed by atoms with van der Waals surface area (Å²) in [5.41, 5.74) is -0.554. The van der Waals surface area contributed by atoms with Crippen LogP contribution in [0.3, 0.4) is 0 Å². The van der Waals surface area contributed by atoms with Gasteiger partial charge in [0.1, 0.15) is 5.76 Å². The molecule has 94 valence electrons. The number of allylic oxidation sites excluding steroid dienone is 1. The van der Waals surface area contributed by atoms with Crippen molar-refractivity contribution in [2.45, 2.75) is 45.1 Å². The predicted molar refractivity (Wildman–Crippen MR) is 67.9 cm³/mol. The van der Waals surface area contributed by atoms with Crippen LogP contribution in [0, 0.1) is 0 Å². The lowest BCUT2D eigenvalue weighted by atomic mass is 9.92. The number of rotatable bonds is 7. The van der Waals surface area contributed by atoms with E-state index < -0.39 is 5.60 Å². The molecule has 17 heavy (non-hydrogen) atoms. The molecule has 0 unspecified atom stereocenters. The number of aliphatic hydroxyl groups is 1. The van der Waals surface area contributed by atoms with Crippen molar-refractivity contribution in [2.75, 3.05) is 0 Å². The van der Waals surface area contributed by atoms with Gasteiger partial charge in [0.25, 0.3) is 0 Å². The van der Waals surface area contributed by atoms with Crippen LogP contribution in [0.2, 0.25) is 0 Å². The van der Waals surface area contributed by atoms with Gasteiger partial charge in [-0.1, -0.05) is 19.9 Å². The molecule has 0 aliphatic rings. The Balaban J connectivity index is 2.42. The number of furan rings is 1. The lowest BCUT2D eigenvalue weighted by Gasteiger charge is -2.24. The standard InChI is InChI=1S/C14H20O3/c1-3-14(16,4-2)10-6-5-7-12-8-9-13(11-15)17-12/h5,7-9,11,16H,3-4,6,10H2,1-2H3/b7-5+. The highest BCUT2D eigenvalue weighted by atomic mass is 16.3. The fourth-order valence-electron chi connectivity index (χ4n) is 1.68. The fraction of sp³-hybridized carbons (Fsp3) is 0.500. The predicted octanol–water partition coefficient (Wildman–Crippen LogP) is 3.44. The first-order valence-electron chi connectivity index (χ1n) is 6.07. The zero-order valence-corrected chi connectivity index (χ0v) is 10.5. The minimum atomic E-state index is -0.554. The van der Waals surface area contributed by atoms with Gasteiger partial charge in [-0.2, -0.15) is 0 Å². The first kappa shape index (κ1) is 13.7. The highest BCUT2D eigenvalue weighted by Crippen LogP contribution is 2.21. The summed E-state index contributed by atoms with van der Waals surface area (Å²) in [4.78, 5) is 10.4. The molecule has 1 aromatic heterocycles. The van der Waals surface area contributed by atoms with Crippen LogP contribution in [-0.4, -0.2) is 17.0 Å². The third kappa shape index (κ3) is 4.19. The van der Waals surface area contributed by atoms with Gasteiger partial charge in [-0.3, -0.25) is 4.79 Å². The minimum absolute atomic E-state index is 0.336. The quantitative estimate of drug-likeness (QED) is 0.738. The largest absolute Gasteiger partial charge is 0.454 e. The smallest absolute Gasteiger partial charge is 0.185 e. The normalized spacial score (nSPS) is 12.2. The lowest BCUT2D eigenvalue weighted by molar-refractivity contribution is 0.0246. The zero-order chi connectivity index (χ0) is 12.7. The molecular weight excluding hydrogens is 216 g/mol. The summed E-state index contributed by atoms with van der Waals surface area (Å²) in [7, 11) is 0. The molecule has 1 aromatic rings. The second kappa shape index (κ2) is 6.40. The SMILES string of the molecule is CCC(O)(CC)CC/C=C/c1ccc(C=O)o1. The number of carbonyl (C=O) groups is 1. The Morgan fingerprint density at radius 2 is 1.94 bits per heavy atom. The Morgan fingerprint density at radius 3 is 2.47 bits per heavy atom. The molecule has 0 fully saturated rings. The van der Waals surface area contributed by atoms with Crippen molar-refractivity contribution >= 4 is 12.4 Å². The van der Waals surface area contributed by atoms with Crippen molar-refractivity contribution in [1.82, 2.24) is 0 Å². The van der Waals surface area contributed by atoms with Crippen molar-refractivity contribution in [3.63, 3.8) is 0 Å². The van der Waals surface area contributed by atoms with E-state index in [9.17, 15) is 9.90 Å². The van der Waals surface area contributed by atoms with E-state index in [-0.39, 0.29) is 0 Å². The van der Waals surface area contributed by atoms with Crippen LogP contribution in [0.25, 0.3) is 6.08 Å². The van der Waals surface area contributed by atoms with Crippen LogP contribution in [0.1, 0.15) is 55.8 Å². The van der Waals surface area contributed by atoms with Crippen molar-refractivity contribution in [3.8, 4) is 0 Å². The molecule has 1 N–H and O–H groups in total. The molecule has 0 saturated carbocycles. The number of aldehydes is 1. The van der Waals surface area contributed by atoms with Gasteiger partial charge < -0.3 is 9.52 Å². The molecule has 0 saturated heterocycles. The van der Waals surface area contributed by atoms with Gasteiger partial charge in [0.2, 0.25) is 0 Å². The van der Waals surface area contributed by atoms with Gasteiger partial charge in [0, 0.05) is 0 Å². The topological polar surface area (TPSA) is 50.4 Å². The van der Waals surface area contributed by atoms with Crippen LogP contribution in [0.4, 0.5) is 0 Å². The van der Waals surface area contributed by atoms with E-state index in [1.807, 2.05) is 26.0 Å². The van der Waals surface area contributed by atoms with Gasteiger partial charge in [-0.05, 0) is 43.9 Å². The Morgan fingerprint density at radius 1 is 1.29 bits per heavy atom. The van der Waals surface area contributed by atoms with E-state index >= 15 is 0 Å². The molecule has 3 nitrogen and oxygen atoms in total. The maximum Gasteiger partial charge on any atom is 0.185 e. The van der Waals surface area contributed by atoms with Crippen molar-refractivity contribution in [3.05, 3.63) is 29.7 Å². The Kier molecular flexibility index (Phi) is 5.16. The average Bonchev–Trinajstić information content (AvgIpc) is 2.82. The summed E-state index contributed by atoms with van der Waals surface area (Å²) in [5.74, 6) is 1.01. The number of hydrogen-bond donors (Lipinski definition) is 1. The molecule has 0 bridgehead atoms.